The summed E-state index contributed by atoms with van der Waals surface area (Å²) in [6.45, 7) is 2.21. The largest absolute Gasteiger partial charge is 0.389 e. The first kappa shape index (κ1) is 22.9. The molecule has 2 rings (SSSR count). The SMILES string of the molecule is CCCCCCC(=Cc1ccc(C(=O)N(C)C)cc1)C(O)CCc1ccccc1. The molecule has 0 aliphatic carbocycles. The van der Waals surface area contributed by atoms with E-state index in [0.29, 0.717) is 5.56 Å². The van der Waals surface area contributed by atoms with Gasteiger partial charge in [-0.25, -0.2) is 0 Å². The Morgan fingerprint density at radius 3 is 2.31 bits per heavy atom. The Labute approximate surface area is 176 Å². The topological polar surface area (TPSA) is 40.5 Å². The van der Waals surface area contributed by atoms with Gasteiger partial charge in [-0.15, -0.1) is 0 Å². The highest BCUT2D eigenvalue weighted by atomic mass is 16.3. The normalized spacial score (nSPS) is 12.6. The number of nitrogens with zero attached hydrogens (tertiary/aromatic N) is 1. The zero-order valence-electron chi connectivity index (χ0n) is 18.1. The lowest BCUT2D eigenvalue weighted by atomic mass is 9.95. The van der Waals surface area contributed by atoms with E-state index in [1.54, 1.807) is 19.0 Å². The molecule has 0 saturated heterocycles. The zero-order valence-corrected chi connectivity index (χ0v) is 18.1. The van der Waals surface area contributed by atoms with Crippen LogP contribution in [0.5, 0.6) is 0 Å². The van der Waals surface area contributed by atoms with E-state index in [4.69, 9.17) is 0 Å². The lowest BCUT2D eigenvalue weighted by molar-refractivity contribution is 0.0827. The third-order valence-corrected chi connectivity index (χ3v) is 5.21. The second-order valence-corrected chi connectivity index (χ2v) is 7.89. The number of aliphatic hydroxyl groups is 1. The summed E-state index contributed by atoms with van der Waals surface area (Å²) in [5, 5.41) is 10.9. The zero-order chi connectivity index (χ0) is 21.1. The van der Waals surface area contributed by atoms with Crippen molar-refractivity contribution >= 4 is 12.0 Å². The van der Waals surface area contributed by atoms with Crippen molar-refractivity contribution in [3.8, 4) is 0 Å². The summed E-state index contributed by atoms with van der Waals surface area (Å²) in [5.41, 5.74) is 4.05. The van der Waals surface area contributed by atoms with E-state index in [1.807, 2.05) is 42.5 Å². The lowest BCUT2D eigenvalue weighted by Gasteiger charge is -2.16. The van der Waals surface area contributed by atoms with Crippen molar-refractivity contribution in [1.82, 2.24) is 4.90 Å². The Morgan fingerprint density at radius 2 is 1.69 bits per heavy atom. The van der Waals surface area contributed by atoms with Crippen LogP contribution in [-0.4, -0.2) is 36.1 Å². The van der Waals surface area contributed by atoms with Gasteiger partial charge in [-0.2, -0.15) is 0 Å². The molecular weight excluding hydrogens is 358 g/mol. The van der Waals surface area contributed by atoms with Gasteiger partial charge >= 0.3 is 0 Å². The predicted molar refractivity (Wildman–Crippen MR) is 122 cm³/mol. The highest BCUT2D eigenvalue weighted by Gasteiger charge is 2.12. The van der Waals surface area contributed by atoms with Crippen LogP contribution in [0.25, 0.3) is 6.08 Å². The smallest absolute Gasteiger partial charge is 0.253 e. The van der Waals surface area contributed by atoms with Gasteiger partial charge in [0.2, 0.25) is 0 Å². The average molecular weight is 394 g/mol. The highest BCUT2D eigenvalue weighted by Crippen LogP contribution is 2.21. The first-order valence-electron chi connectivity index (χ1n) is 10.8. The van der Waals surface area contributed by atoms with Crippen LogP contribution in [0, 0.1) is 0 Å². The van der Waals surface area contributed by atoms with E-state index in [9.17, 15) is 9.90 Å². The van der Waals surface area contributed by atoms with Crippen molar-refractivity contribution < 1.29 is 9.90 Å². The van der Waals surface area contributed by atoms with Gasteiger partial charge in [0, 0.05) is 19.7 Å². The van der Waals surface area contributed by atoms with Crippen molar-refractivity contribution in [2.75, 3.05) is 14.1 Å². The van der Waals surface area contributed by atoms with Crippen LogP contribution in [0.2, 0.25) is 0 Å². The summed E-state index contributed by atoms with van der Waals surface area (Å²) in [4.78, 5) is 13.7. The molecular formula is C26H35NO2. The Morgan fingerprint density at radius 1 is 1.00 bits per heavy atom. The standard InChI is InChI=1S/C26H35NO2/c1-4-5-6-10-13-24(25(28)19-16-21-11-8-7-9-12-21)20-22-14-17-23(18-15-22)26(29)27(2)3/h7-9,11-12,14-15,17-18,20,25,28H,4-6,10,13,16,19H2,1-3H3. The van der Waals surface area contributed by atoms with E-state index in [0.717, 1.165) is 36.8 Å². The van der Waals surface area contributed by atoms with Crippen LogP contribution in [0.4, 0.5) is 0 Å². The fourth-order valence-corrected chi connectivity index (χ4v) is 3.42. The quantitative estimate of drug-likeness (QED) is 0.495. The second kappa shape index (κ2) is 12.2. The first-order valence-corrected chi connectivity index (χ1v) is 10.8. The van der Waals surface area contributed by atoms with Crippen LogP contribution in [0.1, 0.15) is 66.9 Å². The Balaban J connectivity index is 2.09. The molecule has 1 unspecified atom stereocenters. The van der Waals surface area contributed by atoms with Gasteiger partial charge in [0.15, 0.2) is 0 Å². The van der Waals surface area contributed by atoms with Gasteiger partial charge in [-0.3, -0.25) is 4.79 Å². The third-order valence-electron chi connectivity index (χ3n) is 5.21. The average Bonchev–Trinajstić information content (AvgIpc) is 2.74. The molecule has 0 fully saturated rings. The summed E-state index contributed by atoms with van der Waals surface area (Å²) in [7, 11) is 3.52. The van der Waals surface area contributed by atoms with Crippen LogP contribution < -0.4 is 0 Å². The van der Waals surface area contributed by atoms with Crippen molar-refractivity contribution in [2.45, 2.75) is 58.0 Å². The predicted octanol–water partition coefficient (Wildman–Crippen LogP) is 5.74. The van der Waals surface area contributed by atoms with Crippen molar-refractivity contribution in [3.05, 3.63) is 76.9 Å². The number of hydrogen-bond donors (Lipinski definition) is 1. The molecule has 0 aliphatic rings. The van der Waals surface area contributed by atoms with Gasteiger partial charge in [0.1, 0.15) is 0 Å². The number of aryl methyl sites for hydroxylation is 1. The number of hydrogen-bond acceptors (Lipinski definition) is 2. The number of rotatable bonds is 11. The molecule has 156 valence electrons. The molecule has 2 aromatic rings. The molecule has 0 heterocycles. The number of amides is 1. The Bertz CT molecular complexity index is 763. The van der Waals surface area contributed by atoms with Crippen molar-refractivity contribution in [3.63, 3.8) is 0 Å². The molecule has 2 aromatic carbocycles. The maximum atomic E-state index is 12.1. The maximum absolute atomic E-state index is 12.1. The first-order chi connectivity index (χ1) is 14.0. The molecule has 0 spiro atoms. The van der Waals surface area contributed by atoms with E-state index >= 15 is 0 Å². The lowest BCUT2D eigenvalue weighted by Crippen LogP contribution is -2.21. The number of unbranched alkanes of at least 4 members (excludes halogenated alkanes) is 3. The van der Waals surface area contributed by atoms with Gasteiger partial charge < -0.3 is 10.0 Å². The summed E-state index contributed by atoms with van der Waals surface area (Å²) in [6.07, 6.45) is 8.88. The maximum Gasteiger partial charge on any atom is 0.253 e. The summed E-state index contributed by atoms with van der Waals surface area (Å²) in [6, 6.07) is 18.0. The summed E-state index contributed by atoms with van der Waals surface area (Å²) >= 11 is 0. The molecule has 3 nitrogen and oxygen atoms in total. The number of carbonyl (C=O) groups excluding carboxylic acids is 1. The Hall–Kier alpha value is -2.39. The molecule has 29 heavy (non-hydrogen) atoms. The van der Waals surface area contributed by atoms with Gasteiger partial charge in [0.25, 0.3) is 5.91 Å². The molecule has 1 N–H and O–H groups in total. The fraction of sp³-hybridized carbons (Fsp3) is 0.423. The van der Waals surface area contributed by atoms with Crippen LogP contribution in [-0.2, 0) is 6.42 Å². The fourth-order valence-electron chi connectivity index (χ4n) is 3.42. The number of carbonyl (C=O) groups is 1. The third kappa shape index (κ3) is 7.86. The van der Waals surface area contributed by atoms with E-state index < -0.39 is 6.10 Å². The van der Waals surface area contributed by atoms with Gasteiger partial charge in [0.05, 0.1) is 6.10 Å². The second-order valence-electron chi connectivity index (χ2n) is 7.89. The Kier molecular flexibility index (Phi) is 9.66. The molecule has 0 aromatic heterocycles. The molecule has 0 bridgehead atoms. The minimum atomic E-state index is -0.445. The van der Waals surface area contributed by atoms with E-state index in [2.05, 4.69) is 25.1 Å². The molecule has 0 saturated carbocycles. The van der Waals surface area contributed by atoms with Crippen molar-refractivity contribution in [2.24, 2.45) is 0 Å². The van der Waals surface area contributed by atoms with Crippen LogP contribution >= 0.6 is 0 Å². The van der Waals surface area contributed by atoms with E-state index in [1.165, 1.54) is 24.8 Å². The summed E-state index contributed by atoms with van der Waals surface area (Å²) in [5.74, 6) is 0.00298. The van der Waals surface area contributed by atoms with E-state index in [-0.39, 0.29) is 5.91 Å². The van der Waals surface area contributed by atoms with Crippen LogP contribution in [0.15, 0.2) is 60.2 Å². The molecule has 1 atom stereocenters. The van der Waals surface area contributed by atoms with Crippen LogP contribution in [0.3, 0.4) is 0 Å². The van der Waals surface area contributed by atoms with Gasteiger partial charge in [-0.05, 0) is 54.5 Å². The van der Waals surface area contributed by atoms with Crippen molar-refractivity contribution in [1.29, 1.82) is 0 Å². The monoisotopic (exact) mass is 393 g/mol. The number of benzene rings is 2. The molecule has 0 radical (unpaired) electrons. The summed E-state index contributed by atoms with van der Waals surface area (Å²) < 4.78 is 0. The highest BCUT2D eigenvalue weighted by molar-refractivity contribution is 5.94. The molecule has 0 aliphatic heterocycles. The molecule has 3 heteroatoms. The number of aliphatic hydroxyl groups excluding tert-OH is 1. The molecule has 1 amide bonds. The van der Waals surface area contributed by atoms with Gasteiger partial charge in [-0.1, -0.05) is 74.7 Å². The minimum absolute atomic E-state index is 0.00298. The minimum Gasteiger partial charge on any atom is -0.389 e.